The predicted molar refractivity (Wildman–Crippen MR) is 297 cm³/mol. The van der Waals surface area contributed by atoms with Crippen LogP contribution in [0.3, 0.4) is 0 Å². The smallest absolute Gasteiger partial charge is 0.306 e. The van der Waals surface area contributed by atoms with E-state index < -0.39 is 6.10 Å². The van der Waals surface area contributed by atoms with E-state index in [-0.39, 0.29) is 37.5 Å². The van der Waals surface area contributed by atoms with E-state index in [1.54, 1.807) is 0 Å². The van der Waals surface area contributed by atoms with Crippen LogP contribution in [0.15, 0.2) is 134 Å². The van der Waals surface area contributed by atoms with Gasteiger partial charge in [0.1, 0.15) is 13.2 Å². The lowest BCUT2D eigenvalue weighted by atomic mass is 10.1. The molecular formula is C63H100O6. The highest BCUT2D eigenvalue weighted by atomic mass is 16.6. The zero-order chi connectivity index (χ0) is 50.0. The van der Waals surface area contributed by atoms with Gasteiger partial charge in [0.25, 0.3) is 0 Å². The van der Waals surface area contributed by atoms with Crippen molar-refractivity contribution in [1.82, 2.24) is 0 Å². The molecule has 1 unspecified atom stereocenters. The van der Waals surface area contributed by atoms with Gasteiger partial charge in [-0.25, -0.2) is 0 Å². The van der Waals surface area contributed by atoms with Gasteiger partial charge in [-0.2, -0.15) is 0 Å². The maximum Gasteiger partial charge on any atom is 0.306 e. The zero-order valence-corrected chi connectivity index (χ0v) is 44.3. The lowest BCUT2D eigenvalue weighted by Crippen LogP contribution is -2.30. The first-order valence-electron chi connectivity index (χ1n) is 27.7. The van der Waals surface area contributed by atoms with E-state index >= 15 is 0 Å². The van der Waals surface area contributed by atoms with Crippen molar-refractivity contribution in [2.75, 3.05) is 13.2 Å². The van der Waals surface area contributed by atoms with E-state index in [2.05, 4.69) is 154 Å². The number of hydrogen-bond donors (Lipinski definition) is 0. The van der Waals surface area contributed by atoms with Gasteiger partial charge in [-0.3, -0.25) is 14.4 Å². The molecule has 0 rings (SSSR count). The van der Waals surface area contributed by atoms with Crippen LogP contribution in [0.4, 0.5) is 0 Å². The maximum atomic E-state index is 12.8. The van der Waals surface area contributed by atoms with Crippen LogP contribution in [0.1, 0.15) is 226 Å². The summed E-state index contributed by atoms with van der Waals surface area (Å²) in [6.07, 6.45) is 78.6. The van der Waals surface area contributed by atoms with Crippen molar-refractivity contribution in [1.29, 1.82) is 0 Å². The van der Waals surface area contributed by atoms with Gasteiger partial charge in [0.15, 0.2) is 6.10 Å². The van der Waals surface area contributed by atoms with Crippen molar-refractivity contribution in [2.24, 2.45) is 0 Å². The molecule has 0 saturated heterocycles. The average molecular weight is 953 g/mol. The molecule has 0 saturated carbocycles. The largest absolute Gasteiger partial charge is 0.462 e. The van der Waals surface area contributed by atoms with Crippen LogP contribution >= 0.6 is 0 Å². The number of ether oxygens (including phenoxy) is 3. The Hall–Kier alpha value is -4.45. The third-order valence-electron chi connectivity index (χ3n) is 11.1. The molecule has 6 nitrogen and oxygen atoms in total. The number of hydrogen-bond acceptors (Lipinski definition) is 6. The molecule has 0 aromatic rings. The number of rotatable bonds is 48. The molecule has 0 heterocycles. The number of carbonyl (C=O) groups excluding carboxylic acids is 3. The molecule has 0 aromatic carbocycles. The summed E-state index contributed by atoms with van der Waals surface area (Å²) in [5.74, 6) is -0.975. The lowest BCUT2D eigenvalue weighted by molar-refractivity contribution is -0.167. The fourth-order valence-electron chi connectivity index (χ4n) is 7.00. The van der Waals surface area contributed by atoms with Gasteiger partial charge in [0.2, 0.25) is 0 Å². The SMILES string of the molecule is CC/C=C\C/C=C\C/C=C\C/C=C\C/C=C\CCCCCCCC(=O)OCC(COC(=O)CCCCCCC/C=C\CCCC)OC(=O)CCCCC/C=C\C/C=C\C/C=C\C/C=C\C/C=C\CC. The van der Waals surface area contributed by atoms with Gasteiger partial charge in [-0.1, -0.05) is 212 Å². The molecule has 0 N–H and O–H groups in total. The molecule has 0 bridgehead atoms. The minimum Gasteiger partial charge on any atom is -0.462 e. The third-order valence-corrected chi connectivity index (χ3v) is 11.1. The highest BCUT2D eigenvalue weighted by Gasteiger charge is 2.19. The molecule has 0 amide bonds. The molecule has 0 spiro atoms. The topological polar surface area (TPSA) is 78.9 Å². The van der Waals surface area contributed by atoms with Crippen molar-refractivity contribution in [3.8, 4) is 0 Å². The number of esters is 3. The number of unbranched alkanes of at least 4 members (excludes halogenated alkanes) is 15. The van der Waals surface area contributed by atoms with Crippen LogP contribution in [0.2, 0.25) is 0 Å². The molecule has 388 valence electrons. The summed E-state index contributed by atoms with van der Waals surface area (Å²) < 4.78 is 16.8. The van der Waals surface area contributed by atoms with E-state index in [1.807, 2.05) is 0 Å². The lowest BCUT2D eigenvalue weighted by Gasteiger charge is -2.18. The standard InChI is InChI=1S/C63H100O6/c1-4-7-10-13-16-19-22-24-26-28-30-31-33-34-36-38-41-44-47-50-53-56-62(65)68-59-60(58-67-61(64)55-52-49-46-43-40-21-18-15-12-9-6-3)69-63(66)57-54-51-48-45-42-39-37-35-32-29-27-25-23-20-17-14-11-8-5-2/h7-8,10-11,15-20,24-27,30-32,34-36,39,42,60H,4-6,9,12-14,21-23,28-29,33,37-38,40-41,43-59H2,1-3H3/b10-7-,11-8-,18-15-,19-16-,20-17-,26-24-,27-25-,31-30-,35-32-,36-34-,42-39-. The average Bonchev–Trinajstić information content (AvgIpc) is 3.35. The first kappa shape index (κ1) is 64.5. The molecule has 0 radical (unpaired) electrons. The second-order valence-electron chi connectivity index (χ2n) is 17.7. The van der Waals surface area contributed by atoms with Crippen LogP contribution in [0, 0.1) is 0 Å². The van der Waals surface area contributed by atoms with E-state index in [0.717, 1.165) is 154 Å². The van der Waals surface area contributed by atoms with Crippen LogP contribution < -0.4 is 0 Å². The molecule has 0 aromatic heterocycles. The summed E-state index contributed by atoms with van der Waals surface area (Å²) in [5.41, 5.74) is 0. The second-order valence-corrected chi connectivity index (χ2v) is 17.7. The number of allylic oxidation sites excluding steroid dienone is 22. The van der Waals surface area contributed by atoms with Crippen LogP contribution in [0.25, 0.3) is 0 Å². The van der Waals surface area contributed by atoms with Crippen molar-refractivity contribution in [3.05, 3.63) is 134 Å². The molecule has 0 aliphatic rings. The minimum absolute atomic E-state index is 0.107. The molecule has 0 aliphatic heterocycles. The van der Waals surface area contributed by atoms with Gasteiger partial charge in [0.05, 0.1) is 0 Å². The summed E-state index contributed by atoms with van der Waals surface area (Å²) >= 11 is 0. The summed E-state index contributed by atoms with van der Waals surface area (Å²) in [6.45, 7) is 6.31. The Bertz CT molecular complexity index is 1510. The zero-order valence-electron chi connectivity index (χ0n) is 44.3. The first-order valence-corrected chi connectivity index (χ1v) is 27.7. The predicted octanol–water partition coefficient (Wildman–Crippen LogP) is 18.6. The highest BCUT2D eigenvalue weighted by Crippen LogP contribution is 2.13. The van der Waals surface area contributed by atoms with Gasteiger partial charge < -0.3 is 14.2 Å². The molecule has 0 aliphatic carbocycles. The monoisotopic (exact) mass is 953 g/mol. The number of carbonyl (C=O) groups is 3. The van der Waals surface area contributed by atoms with E-state index in [1.165, 1.54) is 25.7 Å². The second kappa shape index (κ2) is 56.1. The fourth-order valence-corrected chi connectivity index (χ4v) is 7.00. The van der Waals surface area contributed by atoms with Gasteiger partial charge in [0, 0.05) is 19.3 Å². The summed E-state index contributed by atoms with van der Waals surface area (Å²) in [7, 11) is 0. The normalized spacial score (nSPS) is 13.1. The highest BCUT2D eigenvalue weighted by molar-refractivity contribution is 5.71. The van der Waals surface area contributed by atoms with Crippen LogP contribution in [-0.2, 0) is 28.6 Å². The Kier molecular flexibility index (Phi) is 52.5. The van der Waals surface area contributed by atoms with Gasteiger partial charge >= 0.3 is 17.9 Å². The third kappa shape index (κ3) is 54.4. The summed E-state index contributed by atoms with van der Waals surface area (Å²) in [6, 6.07) is 0. The van der Waals surface area contributed by atoms with Gasteiger partial charge in [-0.15, -0.1) is 0 Å². The Morgan fingerprint density at radius 3 is 0.913 bits per heavy atom. The Labute approximate surface area is 424 Å². The van der Waals surface area contributed by atoms with E-state index in [4.69, 9.17) is 14.2 Å². The molecule has 6 heteroatoms. The molecule has 1 atom stereocenters. The summed E-state index contributed by atoms with van der Waals surface area (Å²) in [5, 5.41) is 0. The summed E-state index contributed by atoms with van der Waals surface area (Å²) in [4.78, 5) is 38.1. The van der Waals surface area contributed by atoms with Gasteiger partial charge in [-0.05, 0) is 128 Å². The quantitative estimate of drug-likeness (QED) is 0.0262. The van der Waals surface area contributed by atoms with Crippen molar-refractivity contribution in [3.63, 3.8) is 0 Å². The molecule has 0 fully saturated rings. The first-order chi connectivity index (χ1) is 34.0. The van der Waals surface area contributed by atoms with Crippen molar-refractivity contribution < 1.29 is 28.6 Å². The Morgan fingerprint density at radius 1 is 0.304 bits per heavy atom. The maximum absolute atomic E-state index is 12.8. The Balaban J connectivity index is 4.48. The van der Waals surface area contributed by atoms with Crippen molar-refractivity contribution >= 4 is 17.9 Å². The molecular weight excluding hydrogens is 853 g/mol. The minimum atomic E-state index is -0.812. The van der Waals surface area contributed by atoms with Crippen LogP contribution in [-0.4, -0.2) is 37.2 Å². The van der Waals surface area contributed by atoms with E-state index in [0.29, 0.717) is 19.3 Å². The molecule has 69 heavy (non-hydrogen) atoms. The van der Waals surface area contributed by atoms with Crippen molar-refractivity contribution in [2.45, 2.75) is 232 Å². The Morgan fingerprint density at radius 2 is 0.565 bits per heavy atom. The van der Waals surface area contributed by atoms with E-state index in [9.17, 15) is 14.4 Å². The fraction of sp³-hybridized carbons (Fsp3) is 0.603. The van der Waals surface area contributed by atoms with Crippen LogP contribution in [0.5, 0.6) is 0 Å².